The molecule has 1 N–H and O–H groups in total. The first kappa shape index (κ1) is 20.1. The van der Waals surface area contributed by atoms with E-state index in [0.717, 1.165) is 18.7 Å². The van der Waals surface area contributed by atoms with Crippen LogP contribution in [0.4, 0.5) is 5.13 Å². The molecule has 1 aliphatic rings. The molecule has 2 amide bonds. The van der Waals surface area contributed by atoms with E-state index in [1.165, 1.54) is 16.9 Å². The van der Waals surface area contributed by atoms with Crippen molar-refractivity contribution in [1.29, 1.82) is 0 Å². The van der Waals surface area contributed by atoms with E-state index in [4.69, 9.17) is 4.74 Å². The molecule has 2 heterocycles. The lowest BCUT2D eigenvalue weighted by molar-refractivity contribution is -0.129. The van der Waals surface area contributed by atoms with Crippen LogP contribution in [-0.2, 0) is 11.2 Å². The first-order chi connectivity index (χ1) is 14.6. The van der Waals surface area contributed by atoms with Crippen molar-refractivity contribution in [2.75, 3.05) is 25.5 Å². The highest BCUT2D eigenvalue weighted by molar-refractivity contribution is 7.14. The Hall–Kier alpha value is -3.19. The summed E-state index contributed by atoms with van der Waals surface area (Å²) in [6.45, 7) is 1.46. The third kappa shape index (κ3) is 4.68. The third-order valence-corrected chi connectivity index (χ3v) is 6.08. The quantitative estimate of drug-likeness (QED) is 0.654. The van der Waals surface area contributed by atoms with Gasteiger partial charge in [0.1, 0.15) is 5.75 Å². The Morgan fingerprint density at radius 2 is 1.93 bits per heavy atom. The minimum absolute atomic E-state index is 0.0669. The number of ether oxygens (including phenoxy) is 1. The zero-order valence-electron chi connectivity index (χ0n) is 16.7. The third-order valence-electron chi connectivity index (χ3n) is 5.27. The second-order valence-corrected chi connectivity index (χ2v) is 8.10. The van der Waals surface area contributed by atoms with Crippen molar-refractivity contribution in [3.05, 3.63) is 76.8 Å². The zero-order chi connectivity index (χ0) is 20.9. The van der Waals surface area contributed by atoms with E-state index >= 15 is 0 Å². The largest absolute Gasteiger partial charge is 0.497 e. The summed E-state index contributed by atoms with van der Waals surface area (Å²) in [6.07, 6.45) is 1.19. The number of hydrogen-bond acceptors (Lipinski definition) is 5. The molecule has 0 bridgehead atoms. The monoisotopic (exact) mass is 421 g/mol. The van der Waals surface area contributed by atoms with E-state index in [0.29, 0.717) is 28.9 Å². The minimum Gasteiger partial charge on any atom is -0.497 e. The van der Waals surface area contributed by atoms with Crippen LogP contribution < -0.4 is 10.1 Å². The number of aromatic nitrogens is 1. The average Bonchev–Trinajstić information content (AvgIpc) is 3.44. The molecule has 1 atom stereocenters. The van der Waals surface area contributed by atoms with Gasteiger partial charge in [-0.2, -0.15) is 0 Å². The van der Waals surface area contributed by atoms with E-state index in [1.807, 2.05) is 40.6 Å². The van der Waals surface area contributed by atoms with E-state index in [9.17, 15) is 9.59 Å². The maximum absolute atomic E-state index is 12.7. The Labute approximate surface area is 179 Å². The maximum Gasteiger partial charge on any atom is 0.257 e. The number of likely N-dealkylation sites (tertiary alicyclic amines) is 1. The molecule has 1 unspecified atom stereocenters. The summed E-state index contributed by atoms with van der Waals surface area (Å²) in [4.78, 5) is 31.3. The molecule has 1 saturated heterocycles. The van der Waals surface area contributed by atoms with Crippen molar-refractivity contribution in [3.8, 4) is 5.75 Å². The van der Waals surface area contributed by atoms with Crippen molar-refractivity contribution in [2.24, 2.45) is 0 Å². The molecule has 4 rings (SSSR count). The predicted octanol–water partition coefficient (Wildman–Crippen LogP) is 3.96. The van der Waals surface area contributed by atoms with Crippen molar-refractivity contribution in [3.63, 3.8) is 0 Å². The number of benzene rings is 2. The Morgan fingerprint density at radius 3 is 2.67 bits per heavy atom. The highest BCUT2D eigenvalue weighted by atomic mass is 32.1. The van der Waals surface area contributed by atoms with Crippen LogP contribution in [-0.4, -0.2) is 41.9 Å². The SMILES string of the molecule is COc1ccc(C2CCN(C(=O)Cc3csc(NC(=O)c4ccccc4)n3)C2)cc1. The normalized spacial score (nSPS) is 15.8. The predicted molar refractivity (Wildman–Crippen MR) is 117 cm³/mol. The Bertz CT molecular complexity index is 1020. The van der Waals surface area contributed by atoms with Crippen LogP contribution >= 0.6 is 11.3 Å². The Balaban J connectivity index is 1.31. The van der Waals surface area contributed by atoms with Crippen LogP contribution in [0.15, 0.2) is 60.0 Å². The molecule has 3 aromatic rings. The molecule has 2 aromatic carbocycles. The molecule has 0 radical (unpaired) electrons. The first-order valence-electron chi connectivity index (χ1n) is 9.85. The lowest BCUT2D eigenvalue weighted by Gasteiger charge is -2.16. The molecule has 1 aliphatic heterocycles. The van der Waals surface area contributed by atoms with Gasteiger partial charge in [0.15, 0.2) is 5.13 Å². The van der Waals surface area contributed by atoms with Crippen LogP contribution in [0.25, 0.3) is 0 Å². The number of nitrogens with one attached hydrogen (secondary N) is 1. The molecule has 0 aliphatic carbocycles. The molecular formula is C23H23N3O3S. The summed E-state index contributed by atoms with van der Waals surface area (Å²) >= 11 is 1.33. The molecule has 7 heteroatoms. The molecule has 0 saturated carbocycles. The maximum atomic E-state index is 12.7. The van der Waals surface area contributed by atoms with Gasteiger partial charge in [-0.3, -0.25) is 14.9 Å². The van der Waals surface area contributed by atoms with E-state index in [1.54, 1.807) is 19.2 Å². The second kappa shape index (κ2) is 9.09. The van der Waals surface area contributed by atoms with Crippen LogP contribution in [0.2, 0.25) is 0 Å². The van der Waals surface area contributed by atoms with Gasteiger partial charge in [-0.15, -0.1) is 11.3 Å². The van der Waals surface area contributed by atoms with Crippen LogP contribution in [0.1, 0.15) is 34.0 Å². The van der Waals surface area contributed by atoms with Crippen LogP contribution in [0, 0.1) is 0 Å². The summed E-state index contributed by atoms with van der Waals surface area (Å²) in [5.74, 6) is 1.04. The fraction of sp³-hybridized carbons (Fsp3) is 0.261. The molecule has 30 heavy (non-hydrogen) atoms. The Kier molecular flexibility index (Phi) is 6.09. The van der Waals surface area contributed by atoms with Gasteiger partial charge in [0, 0.05) is 30.0 Å². The average molecular weight is 422 g/mol. The Morgan fingerprint density at radius 1 is 1.17 bits per heavy atom. The van der Waals surface area contributed by atoms with Crippen molar-refractivity contribution in [2.45, 2.75) is 18.8 Å². The van der Waals surface area contributed by atoms with Gasteiger partial charge in [0.05, 0.1) is 19.2 Å². The molecule has 6 nitrogen and oxygen atoms in total. The number of carbonyl (C=O) groups excluding carboxylic acids is 2. The van der Waals surface area contributed by atoms with Crippen molar-refractivity contribution < 1.29 is 14.3 Å². The number of rotatable bonds is 6. The summed E-state index contributed by atoms with van der Waals surface area (Å²) < 4.78 is 5.21. The lowest BCUT2D eigenvalue weighted by Crippen LogP contribution is -2.30. The number of nitrogens with zero attached hydrogens (tertiary/aromatic N) is 2. The van der Waals surface area contributed by atoms with Gasteiger partial charge >= 0.3 is 0 Å². The molecule has 154 valence electrons. The molecular weight excluding hydrogens is 398 g/mol. The van der Waals surface area contributed by atoms with Crippen molar-refractivity contribution >= 4 is 28.3 Å². The van der Waals surface area contributed by atoms with E-state index in [2.05, 4.69) is 22.4 Å². The van der Waals surface area contributed by atoms with Crippen molar-refractivity contribution in [1.82, 2.24) is 9.88 Å². The van der Waals surface area contributed by atoms with Gasteiger partial charge in [0.2, 0.25) is 5.91 Å². The zero-order valence-corrected chi connectivity index (χ0v) is 17.5. The summed E-state index contributed by atoms with van der Waals surface area (Å²) in [7, 11) is 1.65. The van der Waals surface area contributed by atoms with Crippen LogP contribution in [0.5, 0.6) is 5.75 Å². The lowest BCUT2D eigenvalue weighted by atomic mass is 9.98. The van der Waals surface area contributed by atoms with Gasteiger partial charge in [0.25, 0.3) is 5.91 Å². The number of methoxy groups -OCH3 is 1. The standard InChI is InChI=1S/C23H23N3O3S/c1-29-20-9-7-16(8-10-20)18-11-12-26(14-18)21(27)13-19-15-30-23(24-19)25-22(28)17-5-3-2-4-6-17/h2-10,15,18H,11-14H2,1H3,(H,24,25,28). The molecule has 1 fully saturated rings. The summed E-state index contributed by atoms with van der Waals surface area (Å²) in [5, 5.41) is 5.13. The number of thiazole rings is 1. The fourth-order valence-corrected chi connectivity index (χ4v) is 4.31. The number of carbonyl (C=O) groups is 2. The number of amides is 2. The van der Waals surface area contributed by atoms with Crippen LogP contribution in [0.3, 0.4) is 0 Å². The van der Waals surface area contributed by atoms with Gasteiger partial charge in [-0.25, -0.2) is 4.98 Å². The highest BCUT2D eigenvalue weighted by Gasteiger charge is 2.27. The minimum atomic E-state index is -0.204. The summed E-state index contributed by atoms with van der Waals surface area (Å²) in [5.41, 5.74) is 2.49. The van der Waals surface area contributed by atoms with Gasteiger partial charge in [-0.05, 0) is 36.2 Å². The topological polar surface area (TPSA) is 71.5 Å². The highest BCUT2D eigenvalue weighted by Crippen LogP contribution is 2.29. The first-order valence-corrected chi connectivity index (χ1v) is 10.7. The molecule has 0 spiro atoms. The van der Waals surface area contributed by atoms with E-state index < -0.39 is 0 Å². The number of hydrogen-bond donors (Lipinski definition) is 1. The van der Waals surface area contributed by atoms with Gasteiger partial charge in [-0.1, -0.05) is 30.3 Å². The number of anilines is 1. The second-order valence-electron chi connectivity index (χ2n) is 7.24. The van der Waals surface area contributed by atoms with E-state index in [-0.39, 0.29) is 18.2 Å². The van der Waals surface area contributed by atoms with Gasteiger partial charge < -0.3 is 9.64 Å². The smallest absolute Gasteiger partial charge is 0.257 e. The molecule has 1 aromatic heterocycles. The fourth-order valence-electron chi connectivity index (χ4n) is 3.61. The summed E-state index contributed by atoms with van der Waals surface area (Å²) in [6, 6.07) is 17.0.